The molecule has 1 fully saturated rings. The zero-order valence-electron chi connectivity index (χ0n) is 14.9. The van der Waals surface area contributed by atoms with Gasteiger partial charge in [-0.15, -0.1) is 11.8 Å². The highest BCUT2D eigenvalue weighted by Gasteiger charge is 2.37. The van der Waals surface area contributed by atoms with Crippen molar-refractivity contribution in [3.8, 4) is 0 Å². The summed E-state index contributed by atoms with van der Waals surface area (Å²) in [6.07, 6.45) is 0.882. The third-order valence-electron chi connectivity index (χ3n) is 4.18. The van der Waals surface area contributed by atoms with Crippen LogP contribution in [0, 0.1) is 0 Å². The van der Waals surface area contributed by atoms with Gasteiger partial charge in [-0.3, -0.25) is 14.4 Å². The quantitative estimate of drug-likeness (QED) is 0.627. The van der Waals surface area contributed by atoms with Crippen LogP contribution < -0.4 is 10.6 Å². The molecule has 0 aliphatic carbocycles. The van der Waals surface area contributed by atoms with Crippen LogP contribution in [0.3, 0.4) is 0 Å². The van der Waals surface area contributed by atoms with Crippen LogP contribution in [0.4, 0.5) is 5.69 Å². The van der Waals surface area contributed by atoms with E-state index in [1.54, 1.807) is 19.1 Å². The molecule has 1 aliphatic heterocycles. The molecule has 1 aliphatic rings. The second-order valence-electron chi connectivity index (χ2n) is 6.42. The van der Waals surface area contributed by atoms with Gasteiger partial charge in [0.05, 0.1) is 17.2 Å². The number of hydrogen-bond donors (Lipinski definition) is 3. The number of carboxylic acids is 1. The zero-order valence-corrected chi connectivity index (χ0v) is 15.7. The van der Waals surface area contributed by atoms with E-state index in [9.17, 15) is 19.5 Å². The molecule has 0 aromatic heterocycles. The number of carbonyl (C=O) groups excluding carboxylic acids is 2. The van der Waals surface area contributed by atoms with E-state index < -0.39 is 11.5 Å². The molecule has 0 saturated carbocycles. The lowest BCUT2D eigenvalue weighted by molar-refractivity contribution is -0.140. The predicted molar refractivity (Wildman–Crippen MR) is 99.2 cm³/mol. The number of anilines is 1. The topological polar surface area (TPSA) is 105 Å². The lowest BCUT2D eigenvalue weighted by atomic mass is 9.86. The van der Waals surface area contributed by atoms with Gasteiger partial charge in [-0.2, -0.15) is 0 Å². The van der Waals surface area contributed by atoms with Crippen LogP contribution in [0.1, 0.15) is 33.1 Å². The number of aliphatic carboxylic acids is 1. The molecule has 1 unspecified atom stereocenters. The minimum Gasteiger partial charge on any atom is -0.481 e. The van der Waals surface area contributed by atoms with Gasteiger partial charge in [0.1, 0.15) is 0 Å². The standard InChI is InChI=1S/C18H24N2O5S/c1-12(26-15-5-3-14(4-6-15)19-13(2)21)17(24)20-18(11-16(22)23)7-9-25-10-8-18/h3-6,12H,7-11H2,1-2H3,(H,19,21)(H,20,24)(H,22,23). The van der Waals surface area contributed by atoms with E-state index in [1.807, 2.05) is 12.1 Å². The van der Waals surface area contributed by atoms with Gasteiger partial charge in [0.15, 0.2) is 0 Å². The summed E-state index contributed by atoms with van der Waals surface area (Å²) in [4.78, 5) is 35.7. The van der Waals surface area contributed by atoms with Gasteiger partial charge in [0.25, 0.3) is 0 Å². The zero-order chi connectivity index (χ0) is 19.2. The third kappa shape index (κ3) is 6.03. The van der Waals surface area contributed by atoms with Crippen molar-refractivity contribution in [1.82, 2.24) is 5.32 Å². The average molecular weight is 380 g/mol. The number of thioether (sulfide) groups is 1. The predicted octanol–water partition coefficient (Wildman–Crippen LogP) is 2.27. The Morgan fingerprint density at radius 3 is 2.38 bits per heavy atom. The summed E-state index contributed by atoms with van der Waals surface area (Å²) in [7, 11) is 0. The molecule has 0 spiro atoms. The van der Waals surface area contributed by atoms with Crippen LogP contribution in [0.15, 0.2) is 29.2 Å². The van der Waals surface area contributed by atoms with Crippen LogP contribution in [0.25, 0.3) is 0 Å². The number of hydrogen-bond acceptors (Lipinski definition) is 5. The molecule has 7 nitrogen and oxygen atoms in total. The Balaban J connectivity index is 1.97. The van der Waals surface area contributed by atoms with E-state index in [0.29, 0.717) is 31.7 Å². The van der Waals surface area contributed by atoms with Gasteiger partial charge < -0.3 is 20.5 Å². The smallest absolute Gasteiger partial charge is 0.305 e. The van der Waals surface area contributed by atoms with E-state index >= 15 is 0 Å². The molecule has 1 aromatic rings. The fraction of sp³-hybridized carbons (Fsp3) is 0.500. The monoisotopic (exact) mass is 380 g/mol. The second kappa shape index (κ2) is 9.05. The van der Waals surface area contributed by atoms with Crippen LogP contribution in [-0.4, -0.2) is 46.9 Å². The number of benzene rings is 1. The summed E-state index contributed by atoms with van der Waals surface area (Å²) >= 11 is 1.38. The highest BCUT2D eigenvalue weighted by molar-refractivity contribution is 8.00. The van der Waals surface area contributed by atoms with Crippen molar-refractivity contribution in [3.05, 3.63) is 24.3 Å². The second-order valence-corrected chi connectivity index (χ2v) is 7.83. The summed E-state index contributed by atoms with van der Waals surface area (Å²) < 4.78 is 5.30. The number of nitrogens with one attached hydrogen (secondary N) is 2. The van der Waals surface area contributed by atoms with Crippen molar-refractivity contribution < 1.29 is 24.2 Å². The fourth-order valence-corrected chi connectivity index (χ4v) is 3.71. The van der Waals surface area contributed by atoms with Crippen molar-refractivity contribution in [2.45, 2.75) is 48.8 Å². The van der Waals surface area contributed by atoms with Gasteiger partial charge in [0.2, 0.25) is 11.8 Å². The summed E-state index contributed by atoms with van der Waals surface area (Å²) in [5.74, 6) is -1.26. The fourth-order valence-electron chi connectivity index (χ4n) is 2.84. The molecule has 0 bridgehead atoms. The number of carbonyl (C=O) groups is 3. The van der Waals surface area contributed by atoms with Gasteiger partial charge in [-0.25, -0.2) is 0 Å². The van der Waals surface area contributed by atoms with Crippen molar-refractivity contribution in [3.63, 3.8) is 0 Å². The SMILES string of the molecule is CC(=O)Nc1ccc(SC(C)C(=O)NC2(CC(=O)O)CCOCC2)cc1. The Labute approximate surface area is 156 Å². The summed E-state index contributed by atoms with van der Waals surface area (Å²) in [6.45, 7) is 4.12. The Morgan fingerprint density at radius 2 is 1.85 bits per heavy atom. The van der Waals surface area contributed by atoms with Crippen LogP contribution in [0.5, 0.6) is 0 Å². The maximum atomic E-state index is 12.6. The summed E-state index contributed by atoms with van der Waals surface area (Å²) in [5, 5.41) is 14.4. The first-order chi connectivity index (χ1) is 12.3. The van der Waals surface area contributed by atoms with Crippen LogP contribution in [-0.2, 0) is 19.1 Å². The first-order valence-corrected chi connectivity index (χ1v) is 9.33. The molecular formula is C18H24N2O5S. The Hall–Kier alpha value is -2.06. The summed E-state index contributed by atoms with van der Waals surface area (Å²) in [6, 6.07) is 7.22. The largest absolute Gasteiger partial charge is 0.481 e. The van der Waals surface area contributed by atoms with Crippen LogP contribution in [0.2, 0.25) is 0 Å². The summed E-state index contributed by atoms with van der Waals surface area (Å²) in [5.41, 5.74) is -0.0489. The molecule has 8 heteroatoms. The Kier molecular flexibility index (Phi) is 7.05. The van der Waals surface area contributed by atoms with E-state index in [1.165, 1.54) is 18.7 Å². The minimum absolute atomic E-state index is 0.106. The molecule has 0 radical (unpaired) electrons. The van der Waals surface area contributed by atoms with E-state index in [-0.39, 0.29) is 23.5 Å². The molecular weight excluding hydrogens is 356 g/mol. The highest BCUT2D eigenvalue weighted by atomic mass is 32.2. The average Bonchev–Trinajstić information content (AvgIpc) is 2.56. The van der Waals surface area contributed by atoms with E-state index in [4.69, 9.17) is 4.74 Å². The molecule has 2 rings (SSSR count). The molecule has 26 heavy (non-hydrogen) atoms. The molecule has 1 aromatic carbocycles. The first-order valence-electron chi connectivity index (χ1n) is 8.45. The molecule has 1 heterocycles. The molecule has 1 atom stereocenters. The van der Waals surface area contributed by atoms with Gasteiger partial charge in [0, 0.05) is 30.7 Å². The van der Waals surface area contributed by atoms with Crippen LogP contribution >= 0.6 is 11.8 Å². The first kappa shape index (κ1) is 20.3. The maximum absolute atomic E-state index is 12.6. The molecule has 2 amide bonds. The maximum Gasteiger partial charge on any atom is 0.305 e. The van der Waals surface area contributed by atoms with Gasteiger partial charge in [-0.05, 0) is 44.0 Å². The lowest BCUT2D eigenvalue weighted by Crippen LogP contribution is -2.54. The number of rotatable bonds is 7. The number of carboxylic acid groups (broad SMARTS) is 1. The number of ether oxygens (including phenoxy) is 1. The van der Waals surface area contributed by atoms with Crippen molar-refractivity contribution >= 4 is 35.2 Å². The van der Waals surface area contributed by atoms with Crippen molar-refractivity contribution in [2.24, 2.45) is 0 Å². The Bertz CT molecular complexity index is 656. The van der Waals surface area contributed by atoms with Gasteiger partial charge in [-0.1, -0.05) is 0 Å². The van der Waals surface area contributed by atoms with Gasteiger partial charge >= 0.3 is 5.97 Å². The van der Waals surface area contributed by atoms with E-state index in [0.717, 1.165) is 4.90 Å². The Morgan fingerprint density at radius 1 is 1.23 bits per heavy atom. The number of amides is 2. The minimum atomic E-state index is -0.930. The van der Waals surface area contributed by atoms with Crippen molar-refractivity contribution in [1.29, 1.82) is 0 Å². The molecule has 3 N–H and O–H groups in total. The van der Waals surface area contributed by atoms with Crippen molar-refractivity contribution in [2.75, 3.05) is 18.5 Å². The third-order valence-corrected chi connectivity index (χ3v) is 5.30. The lowest BCUT2D eigenvalue weighted by Gasteiger charge is -2.37. The van der Waals surface area contributed by atoms with E-state index in [2.05, 4.69) is 10.6 Å². The highest BCUT2D eigenvalue weighted by Crippen LogP contribution is 2.28. The molecule has 1 saturated heterocycles. The molecule has 142 valence electrons. The normalized spacial score (nSPS) is 17.2.